The molecular formula is C19H29N5O5S. The number of carbonyl (C=O) groups excluding carboxylic acids is 2. The predicted molar refractivity (Wildman–Crippen MR) is 113 cm³/mol. The zero-order valence-corrected chi connectivity index (χ0v) is 18.0. The summed E-state index contributed by atoms with van der Waals surface area (Å²) in [6.45, 7) is 3.34. The fourth-order valence-electron chi connectivity index (χ4n) is 3.56. The van der Waals surface area contributed by atoms with Gasteiger partial charge in [0.1, 0.15) is 0 Å². The van der Waals surface area contributed by atoms with Crippen LogP contribution in [0.1, 0.15) is 19.3 Å². The van der Waals surface area contributed by atoms with E-state index in [0.29, 0.717) is 45.1 Å². The number of ether oxygens (including phenoxy) is 1. The minimum atomic E-state index is -3.61. The Morgan fingerprint density at radius 3 is 2.43 bits per heavy atom. The van der Waals surface area contributed by atoms with Gasteiger partial charge in [-0.05, 0) is 31.0 Å². The molecule has 166 valence electrons. The number of hydrogen-bond acceptors (Lipinski definition) is 7. The van der Waals surface area contributed by atoms with Crippen molar-refractivity contribution in [3.05, 3.63) is 18.2 Å². The normalized spacial score (nSPS) is 18.0. The van der Waals surface area contributed by atoms with E-state index in [1.165, 1.54) is 11.4 Å². The molecule has 1 aromatic carbocycles. The molecule has 1 aromatic rings. The lowest BCUT2D eigenvalue weighted by molar-refractivity contribution is -0.118. The van der Waals surface area contributed by atoms with Crippen LogP contribution in [0.2, 0.25) is 0 Å². The molecule has 0 spiro atoms. The lowest BCUT2D eigenvalue weighted by Crippen LogP contribution is -2.41. The summed E-state index contributed by atoms with van der Waals surface area (Å²) < 4.78 is 33.1. The Hall–Kier alpha value is -2.37. The summed E-state index contributed by atoms with van der Waals surface area (Å²) >= 11 is 0. The van der Waals surface area contributed by atoms with Gasteiger partial charge < -0.3 is 20.3 Å². The van der Waals surface area contributed by atoms with Crippen LogP contribution < -0.4 is 20.9 Å². The van der Waals surface area contributed by atoms with E-state index in [1.807, 2.05) is 0 Å². The van der Waals surface area contributed by atoms with Crippen molar-refractivity contribution in [2.45, 2.75) is 24.2 Å². The number of rotatable bonds is 6. The third kappa shape index (κ3) is 5.41. The largest absolute Gasteiger partial charge is 0.378 e. The maximum Gasteiger partial charge on any atom is 0.321 e. The van der Waals surface area contributed by atoms with Gasteiger partial charge in [-0.3, -0.25) is 10.1 Å². The van der Waals surface area contributed by atoms with Crippen molar-refractivity contribution in [3.8, 4) is 0 Å². The van der Waals surface area contributed by atoms with Gasteiger partial charge in [-0.25, -0.2) is 13.2 Å². The van der Waals surface area contributed by atoms with Gasteiger partial charge in [0, 0.05) is 33.2 Å². The second-order valence-electron chi connectivity index (χ2n) is 7.22. The Morgan fingerprint density at radius 1 is 1.07 bits per heavy atom. The Morgan fingerprint density at radius 2 is 1.77 bits per heavy atom. The number of imide groups is 1. The Balaban J connectivity index is 1.84. The number of nitrogens with one attached hydrogen (secondary N) is 3. The molecule has 2 fully saturated rings. The molecule has 2 saturated heterocycles. The van der Waals surface area contributed by atoms with Gasteiger partial charge in [0.25, 0.3) is 0 Å². The fraction of sp³-hybridized carbons (Fsp3) is 0.579. The average Bonchev–Trinajstić information content (AvgIpc) is 2.78. The molecule has 0 radical (unpaired) electrons. The zero-order valence-electron chi connectivity index (χ0n) is 17.1. The molecular weight excluding hydrogens is 410 g/mol. The van der Waals surface area contributed by atoms with Crippen LogP contribution >= 0.6 is 0 Å². The van der Waals surface area contributed by atoms with E-state index in [0.717, 1.165) is 24.9 Å². The van der Waals surface area contributed by atoms with Crippen molar-refractivity contribution in [1.82, 2.24) is 14.9 Å². The molecule has 10 nitrogen and oxygen atoms in total. The maximum absolute atomic E-state index is 13.1. The van der Waals surface area contributed by atoms with Gasteiger partial charge in [0.15, 0.2) is 0 Å². The van der Waals surface area contributed by atoms with Crippen LogP contribution in [0.3, 0.4) is 0 Å². The quantitative estimate of drug-likeness (QED) is 0.593. The summed E-state index contributed by atoms with van der Waals surface area (Å²) in [7, 11) is -2.19. The van der Waals surface area contributed by atoms with E-state index >= 15 is 0 Å². The predicted octanol–water partition coefficient (Wildman–Crippen LogP) is 0.565. The Kier molecular flexibility index (Phi) is 7.51. The van der Waals surface area contributed by atoms with Gasteiger partial charge in [0.05, 0.1) is 36.0 Å². The number of sulfonamides is 1. The van der Waals surface area contributed by atoms with E-state index in [2.05, 4.69) is 20.9 Å². The van der Waals surface area contributed by atoms with Crippen molar-refractivity contribution < 1.29 is 22.7 Å². The summed E-state index contributed by atoms with van der Waals surface area (Å²) in [5.41, 5.74) is 1.32. The summed E-state index contributed by atoms with van der Waals surface area (Å²) in [4.78, 5) is 25.6. The topological polar surface area (TPSA) is 120 Å². The van der Waals surface area contributed by atoms with Gasteiger partial charge in [-0.15, -0.1) is 0 Å². The van der Waals surface area contributed by atoms with Gasteiger partial charge in [-0.2, -0.15) is 4.31 Å². The van der Waals surface area contributed by atoms with Crippen molar-refractivity contribution in [2.75, 3.05) is 63.2 Å². The summed E-state index contributed by atoms with van der Waals surface area (Å²) in [5.74, 6) is -0.522. The van der Waals surface area contributed by atoms with Crippen molar-refractivity contribution >= 4 is 33.3 Å². The maximum atomic E-state index is 13.1. The standard InChI is InChI=1S/C19H29N5O5S/c1-20-19(26)22-18(25)14-21-16-13-15(30(27,28)24-7-3-2-4-8-24)5-6-17(16)23-9-11-29-12-10-23/h5-6,13,21H,2-4,7-12,14H2,1H3,(H2,20,22,25,26). The van der Waals surface area contributed by atoms with Crippen LogP contribution in [0.5, 0.6) is 0 Å². The van der Waals surface area contributed by atoms with Crippen LogP contribution in [0, 0.1) is 0 Å². The van der Waals surface area contributed by atoms with E-state index in [4.69, 9.17) is 4.74 Å². The van der Waals surface area contributed by atoms with E-state index in [9.17, 15) is 18.0 Å². The molecule has 3 amide bonds. The number of piperidine rings is 1. The zero-order chi connectivity index (χ0) is 21.6. The highest BCUT2D eigenvalue weighted by molar-refractivity contribution is 7.89. The average molecular weight is 440 g/mol. The first kappa shape index (κ1) is 22.3. The molecule has 0 atom stereocenters. The molecule has 3 N–H and O–H groups in total. The highest BCUT2D eigenvalue weighted by atomic mass is 32.2. The van der Waals surface area contributed by atoms with Crippen LogP contribution in [0.4, 0.5) is 16.2 Å². The SMILES string of the molecule is CNC(=O)NC(=O)CNc1cc(S(=O)(=O)N2CCCCC2)ccc1N1CCOCC1. The van der Waals surface area contributed by atoms with Crippen LogP contribution in [-0.2, 0) is 19.6 Å². The number of morpholine rings is 1. The lowest BCUT2D eigenvalue weighted by Gasteiger charge is -2.31. The lowest BCUT2D eigenvalue weighted by atomic mass is 10.2. The third-order valence-corrected chi connectivity index (χ3v) is 7.09. The molecule has 30 heavy (non-hydrogen) atoms. The Bertz CT molecular complexity index is 864. The highest BCUT2D eigenvalue weighted by Crippen LogP contribution is 2.31. The van der Waals surface area contributed by atoms with Crippen molar-refractivity contribution in [2.24, 2.45) is 0 Å². The number of urea groups is 1. The van der Waals surface area contributed by atoms with E-state index in [1.54, 1.807) is 18.2 Å². The van der Waals surface area contributed by atoms with E-state index in [-0.39, 0.29) is 11.4 Å². The molecule has 2 heterocycles. The summed E-state index contributed by atoms with van der Waals surface area (Å²) in [6, 6.07) is 4.35. The molecule has 0 unspecified atom stereocenters. The smallest absolute Gasteiger partial charge is 0.321 e. The molecule has 0 saturated carbocycles. The van der Waals surface area contributed by atoms with Gasteiger partial charge >= 0.3 is 6.03 Å². The number of amides is 3. The number of carbonyl (C=O) groups is 2. The third-order valence-electron chi connectivity index (χ3n) is 5.19. The monoisotopic (exact) mass is 439 g/mol. The molecule has 0 aliphatic carbocycles. The van der Waals surface area contributed by atoms with Gasteiger partial charge in [0.2, 0.25) is 15.9 Å². The molecule has 0 bridgehead atoms. The second kappa shape index (κ2) is 10.1. The first-order chi connectivity index (χ1) is 14.4. The number of benzene rings is 1. The van der Waals surface area contributed by atoms with Gasteiger partial charge in [-0.1, -0.05) is 6.42 Å². The summed E-state index contributed by atoms with van der Waals surface area (Å²) in [6.07, 6.45) is 2.75. The van der Waals surface area contributed by atoms with Crippen molar-refractivity contribution in [1.29, 1.82) is 0 Å². The van der Waals surface area contributed by atoms with Crippen LogP contribution in [-0.4, -0.2) is 77.6 Å². The second-order valence-corrected chi connectivity index (χ2v) is 9.16. The minimum Gasteiger partial charge on any atom is -0.378 e. The first-order valence-corrected chi connectivity index (χ1v) is 11.6. The first-order valence-electron chi connectivity index (χ1n) is 10.1. The van der Waals surface area contributed by atoms with Crippen LogP contribution in [0.25, 0.3) is 0 Å². The molecule has 0 aromatic heterocycles. The molecule has 11 heteroatoms. The van der Waals surface area contributed by atoms with Crippen LogP contribution in [0.15, 0.2) is 23.1 Å². The molecule has 2 aliphatic rings. The number of nitrogens with zero attached hydrogens (tertiary/aromatic N) is 2. The Labute approximate surface area is 177 Å². The number of hydrogen-bond donors (Lipinski definition) is 3. The summed E-state index contributed by atoms with van der Waals surface area (Å²) in [5, 5.41) is 7.50. The minimum absolute atomic E-state index is 0.169. The van der Waals surface area contributed by atoms with E-state index < -0.39 is 22.0 Å². The number of anilines is 2. The molecule has 3 rings (SSSR count). The fourth-order valence-corrected chi connectivity index (χ4v) is 5.10. The van der Waals surface area contributed by atoms with Crippen molar-refractivity contribution in [3.63, 3.8) is 0 Å². The highest BCUT2D eigenvalue weighted by Gasteiger charge is 2.27. The molecule has 2 aliphatic heterocycles.